The average Bonchev–Trinajstić information content (AvgIpc) is 2.88. The van der Waals surface area contributed by atoms with E-state index in [0.717, 1.165) is 22.8 Å². The fraction of sp³-hybridized carbons (Fsp3) is 0.231. The standard InChI is InChI=1S/C13H14N4O2/c1-7-15-10(6-14)12(17(7)2)8-3-4-11-9(5-8)16-13(18)19-11/h3-5H,6,14H2,1-2H3,(H,16,18). The second kappa shape index (κ2) is 4.10. The first-order valence-electron chi connectivity index (χ1n) is 5.95. The van der Waals surface area contributed by atoms with Gasteiger partial charge in [0.15, 0.2) is 5.58 Å². The summed E-state index contributed by atoms with van der Waals surface area (Å²) in [4.78, 5) is 18.3. The summed E-state index contributed by atoms with van der Waals surface area (Å²) in [6, 6.07) is 5.54. The molecule has 6 heteroatoms. The SMILES string of the molecule is Cc1nc(CN)c(-c2ccc3oc(=O)[nH]c3c2)n1C. The van der Waals surface area contributed by atoms with Gasteiger partial charge in [0.2, 0.25) is 0 Å². The Bertz CT molecular complexity index is 810. The Kier molecular flexibility index (Phi) is 2.53. The monoisotopic (exact) mass is 258 g/mol. The van der Waals surface area contributed by atoms with Crippen molar-refractivity contribution in [2.45, 2.75) is 13.5 Å². The second-order valence-electron chi connectivity index (χ2n) is 4.44. The number of nitrogens with one attached hydrogen (secondary N) is 1. The number of hydrogen-bond acceptors (Lipinski definition) is 4. The molecule has 0 saturated heterocycles. The molecule has 0 bridgehead atoms. The summed E-state index contributed by atoms with van der Waals surface area (Å²) in [7, 11) is 1.94. The van der Waals surface area contributed by atoms with Gasteiger partial charge in [0.05, 0.1) is 16.9 Å². The van der Waals surface area contributed by atoms with E-state index in [0.29, 0.717) is 17.6 Å². The van der Waals surface area contributed by atoms with Crippen LogP contribution in [0, 0.1) is 6.92 Å². The maximum Gasteiger partial charge on any atom is 0.417 e. The summed E-state index contributed by atoms with van der Waals surface area (Å²) >= 11 is 0. The van der Waals surface area contributed by atoms with E-state index in [-0.39, 0.29) is 0 Å². The zero-order chi connectivity index (χ0) is 13.6. The number of nitrogens with two attached hydrogens (primary N) is 1. The molecule has 1 aromatic carbocycles. The molecule has 0 aliphatic heterocycles. The quantitative estimate of drug-likeness (QED) is 0.724. The van der Waals surface area contributed by atoms with Gasteiger partial charge in [-0.2, -0.15) is 0 Å². The lowest BCUT2D eigenvalue weighted by molar-refractivity contribution is 0.555. The highest BCUT2D eigenvalue weighted by molar-refractivity contribution is 5.79. The molecule has 2 heterocycles. The van der Waals surface area contributed by atoms with Crippen LogP contribution >= 0.6 is 0 Å². The molecule has 0 aliphatic carbocycles. The molecular weight excluding hydrogens is 244 g/mol. The van der Waals surface area contributed by atoms with Crippen molar-refractivity contribution in [3.63, 3.8) is 0 Å². The molecular formula is C13H14N4O2. The fourth-order valence-corrected chi connectivity index (χ4v) is 2.28. The third-order valence-corrected chi connectivity index (χ3v) is 3.28. The third kappa shape index (κ3) is 1.77. The fourth-order valence-electron chi connectivity index (χ4n) is 2.28. The normalized spacial score (nSPS) is 11.3. The number of aromatic nitrogens is 3. The Morgan fingerprint density at radius 1 is 1.47 bits per heavy atom. The first-order valence-corrected chi connectivity index (χ1v) is 5.95. The van der Waals surface area contributed by atoms with Gasteiger partial charge in [-0.15, -0.1) is 0 Å². The van der Waals surface area contributed by atoms with Crippen LogP contribution in [0.3, 0.4) is 0 Å². The highest BCUT2D eigenvalue weighted by atomic mass is 16.4. The Morgan fingerprint density at radius 2 is 2.26 bits per heavy atom. The van der Waals surface area contributed by atoms with Crippen molar-refractivity contribution in [2.24, 2.45) is 12.8 Å². The zero-order valence-electron chi connectivity index (χ0n) is 10.7. The van der Waals surface area contributed by atoms with Crippen molar-refractivity contribution in [3.8, 4) is 11.3 Å². The molecule has 0 spiro atoms. The molecule has 0 atom stereocenters. The van der Waals surface area contributed by atoms with Gasteiger partial charge in [0.1, 0.15) is 5.82 Å². The number of rotatable bonds is 2. The van der Waals surface area contributed by atoms with Crippen LogP contribution in [0.15, 0.2) is 27.4 Å². The minimum absolute atomic E-state index is 0.372. The highest BCUT2D eigenvalue weighted by Gasteiger charge is 2.14. The van der Waals surface area contributed by atoms with Crippen LogP contribution in [0.5, 0.6) is 0 Å². The molecule has 0 saturated carbocycles. The molecule has 98 valence electrons. The van der Waals surface area contributed by atoms with E-state index in [9.17, 15) is 4.79 Å². The Hall–Kier alpha value is -2.34. The van der Waals surface area contributed by atoms with Crippen LogP contribution in [-0.4, -0.2) is 14.5 Å². The molecule has 3 aromatic rings. The van der Waals surface area contributed by atoms with Gasteiger partial charge >= 0.3 is 5.76 Å². The Morgan fingerprint density at radius 3 is 3.00 bits per heavy atom. The van der Waals surface area contributed by atoms with Crippen molar-refractivity contribution >= 4 is 11.1 Å². The lowest BCUT2D eigenvalue weighted by Crippen LogP contribution is -2.00. The summed E-state index contributed by atoms with van der Waals surface area (Å²) in [5.74, 6) is 0.448. The van der Waals surface area contributed by atoms with Gasteiger partial charge in [-0.3, -0.25) is 4.98 Å². The molecule has 0 fully saturated rings. The predicted molar refractivity (Wildman–Crippen MR) is 71.7 cm³/mol. The van der Waals surface area contributed by atoms with E-state index in [1.165, 1.54) is 0 Å². The Balaban J connectivity index is 2.26. The predicted octanol–water partition coefficient (Wildman–Crippen LogP) is 1.29. The summed E-state index contributed by atoms with van der Waals surface area (Å²) in [6.07, 6.45) is 0. The van der Waals surface area contributed by atoms with Gasteiger partial charge in [-0.05, 0) is 25.1 Å². The van der Waals surface area contributed by atoms with Crippen LogP contribution in [0.4, 0.5) is 0 Å². The van der Waals surface area contributed by atoms with Gasteiger partial charge in [-0.25, -0.2) is 9.78 Å². The number of imidazole rings is 1. The first-order chi connectivity index (χ1) is 9.10. The van der Waals surface area contributed by atoms with Gasteiger partial charge in [0, 0.05) is 19.2 Å². The molecule has 6 nitrogen and oxygen atoms in total. The first kappa shape index (κ1) is 11.7. The minimum Gasteiger partial charge on any atom is -0.408 e. The highest BCUT2D eigenvalue weighted by Crippen LogP contribution is 2.26. The van der Waals surface area contributed by atoms with Crippen LogP contribution in [0.1, 0.15) is 11.5 Å². The van der Waals surface area contributed by atoms with Crippen LogP contribution in [0.25, 0.3) is 22.4 Å². The third-order valence-electron chi connectivity index (χ3n) is 3.28. The van der Waals surface area contributed by atoms with Crippen LogP contribution in [-0.2, 0) is 13.6 Å². The number of nitrogens with zero attached hydrogens (tertiary/aromatic N) is 2. The number of H-pyrrole nitrogens is 1. The summed E-state index contributed by atoms with van der Waals surface area (Å²) in [5, 5.41) is 0. The molecule has 0 amide bonds. The molecule has 0 unspecified atom stereocenters. The molecule has 0 aliphatic rings. The summed E-state index contributed by atoms with van der Waals surface area (Å²) < 4.78 is 6.98. The van der Waals surface area contributed by atoms with Crippen LogP contribution < -0.4 is 11.5 Å². The lowest BCUT2D eigenvalue weighted by atomic mass is 10.1. The zero-order valence-corrected chi connectivity index (χ0v) is 10.7. The maximum absolute atomic E-state index is 11.2. The van der Waals surface area contributed by atoms with E-state index in [1.54, 1.807) is 6.07 Å². The van der Waals surface area contributed by atoms with E-state index in [1.807, 2.05) is 30.7 Å². The number of hydrogen-bond donors (Lipinski definition) is 2. The van der Waals surface area contributed by atoms with E-state index in [4.69, 9.17) is 10.2 Å². The van der Waals surface area contributed by atoms with Gasteiger partial charge in [0.25, 0.3) is 0 Å². The van der Waals surface area contributed by atoms with Gasteiger partial charge < -0.3 is 14.7 Å². The van der Waals surface area contributed by atoms with Crippen molar-refractivity contribution in [2.75, 3.05) is 0 Å². The largest absolute Gasteiger partial charge is 0.417 e. The number of aromatic amines is 1. The van der Waals surface area contributed by atoms with E-state index < -0.39 is 5.76 Å². The average molecular weight is 258 g/mol. The number of benzene rings is 1. The topological polar surface area (TPSA) is 89.8 Å². The minimum atomic E-state index is -0.451. The number of aryl methyl sites for hydroxylation is 1. The van der Waals surface area contributed by atoms with Crippen molar-refractivity contribution in [1.82, 2.24) is 14.5 Å². The molecule has 2 aromatic heterocycles. The molecule has 0 radical (unpaired) electrons. The summed E-state index contributed by atoms with van der Waals surface area (Å²) in [5.41, 5.74) is 9.70. The van der Waals surface area contributed by atoms with E-state index in [2.05, 4.69) is 9.97 Å². The number of fused-ring (bicyclic) bond motifs is 1. The second-order valence-corrected chi connectivity index (χ2v) is 4.44. The summed E-state index contributed by atoms with van der Waals surface area (Å²) in [6.45, 7) is 2.30. The van der Waals surface area contributed by atoms with E-state index >= 15 is 0 Å². The van der Waals surface area contributed by atoms with Crippen molar-refractivity contribution in [3.05, 3.63) is 40.3 Å². The van der Waals surface area contributed by atoms with Crippen molar-refractivity contribution < 1.29 is 4.42 Å². The molecule has 19 heavy (non-hydrogen) atoms. The Labute approximate surface area is 108 Å². The number of oxazole rings is 1. The van der Waals surface area contributed by atoms with Gasteiger partial charge in [-0.1, -0.05) is 0 Å². The smallest absolute Gasteiger partial charge is 0.408 e. The van der Waals surface area contributed by atoms with Crippen LogP contribution in [0.2, 0.25) is 0 Å². The molecule has 3 N–H and O–H groups in total. The maximum atomic E-state index is 11.2. The molecule has 3 rings (SSSR count). The lowest BCUT2D eigenvalue weighted by Gasteiger charge is -2.06. The van der Waals surface area contributed by atoms with Crippen molar-refractivity contribution in [1.29, 1.82) is 0 Å².